The number of piperidine rings is 1. The molecule has 1 aliphatic heterocycles. The average Bonchev–Trinajstić information content (AvgIpc) is 2.45. The Labute approximate surface area is 136 Å². The number of anilines is 2. The second-order valence-electron chi connectivity index (χ2n) is 6.71. The maximum absolute atomic E-state index is 12.0. The van der Waals surface area contributed by atoms with Crippen molar-refractivity contribution >= 4 is 23.4 Å². The Balaban J connectivity index is 2.23. The monoisotopic (exact) mass is 320 g/mol. The number of nitrogens with zero attached hydrogens (tertiary/aromatic N) is 1. The van der Waals surface area contributed by atoms with Crippen LogP contribution < -0.4 is 10.2 Å². The summed E-state index contributed by atoms with van der Waals surface area (Å²) in [5.74, 6) is -1.08. The van der Waals surface area contributed by atoms with E-state index in [1.807, 2.05) is 0 Å². The Morgan fingerprint density at radius 3 is 2.39 bits per heavy atom. The van der Waals surface area contributed by atoms with Crippen molar-refractivity contribution in [2.75, 3.05) is 23.3 Å². The Kier molecular flexibility index (Phi) is 5.13. The zero-order valence-electron chi connectivity index (χ0n) is 13.9. The minimum Gasteiger partial charge on any atom is -0.478 e. The van der Waals surface area contributed by atoms with Crippen molar-refractivity contribution in [3.05, 3.63) is 23.8 Å². The van der Waals surface area contributed by atoms with E-state index in [2.05, 4.69) is 10.2 Å². The van der Waals surface area contributed by atoms with Gasteiger partial charge in [0.1, 0.15) is 5.60 Å². The van der Waals surface area contributed by atoms with Crippen LogP contribution in [0.15, 0.2) is 18.2 Å². The number of carboxylic acids is 1. The highest BCUT2D eigenvalue weighted by Crippen LogP contribution is 2.27. The molecule has 1 saturated heterocycles. The van der Waals surface area contributed by atoms with E-state index in [0.29, 0.717) is 0 Å². The molecule has 2 N–H and O–H groups in total. The van der Waals surface area contributed by atoms with Crippen LogP contribution in [0.4, 0.5) is 16.2 Å². The van der Waals surface area contributed by atoms with Crippen molar-refractivity contribution in [3.8, 4) is 0 Å². The van der Waals surface area contributed by atoms with Crippen LogP contribution in [0.25, 0.3) is 0 Å². The van der Waals surface area contributed by atoms with E-state index in [1.54, 1.807) is 32.9 Å². The third-order valence-corrected chi connectivity index (χ3v) is 3.59. The molecule has 0 spiro atoms. The summed E-state index contributed by atoms with van der Waals surface area (Å²) in [6.45, 7) is 7.16. The lowest BCUT2D eigenvalue weighted by Crippen LogP contribution is -2.30. The number of benzene rings is 1. The van der Waals surface area contributed by atoms with Crippen LogP contribution in [-0.2, 0) is 4.74 Å². The molecule has 1 fully saturated rings. The van der Waals surface area contributed by atoms with E-state index < -0.39 is 17.7 Å². The average molecular weight is 320 g/mol. The summed E-state index contributed by atoms with van der Waals surface area (Å²) in [5, 5.41) is 11.9. The molecule has 1 heterocycles. The van der Waals surface area contributed by atoms with E-state index in [0.717, 1.165) is 31.6 Å². The predicted molar refractivity (Wildman–Crippen MR) is 89.3 cm³/mol. The predicted octanol–water partition coefficient (Wildman–Crippen LogP) is 3.72. The molecule has 0 unspecified atom stereocenters. The molecule has 1 aromatic carbocycles. The number of rotatable bonds is 3. The SMILES string of the molecule is CC(C)(C)OC(=O)Nc1cc(N2CCCCC2)ccc1C(=O)O. The van der Waals surface area contributed by atoms with E-state index in [4.69, 9.17) is 4.74 Å². The van der Waals surface area contributed by atoms with Gasteiger partial charge in [0.2, 0.25) is 0 Å². The molecular weight excluding hydrogens is 296 g/mol. The summed E-state index contributed by atoms with van der Waals surface area (Å²) >= 11 is 0. The third kappa shape index (κ3) is 4.87. The lowest BCUT2D eigenvalue weighted by Gasteiger charge is -2.29. The van der Waals surface area contributed by atoms with Crippen LogP contribution in [0.3, 0.4) is 0 Å². The van der Waals surface area contributed by atoms with Crippen LogP contribution in [0.5, 0.6) is 0 Å². The third-order valence-electron chi connectivity index (χ3n) is 3.59. The van der Waals surface area contributed by atoms with Gasteiger partial charge in [-0.25, -0.2) is 9.59 Å². The van der Waals surface area contributed by atoms with Gasteiger partial charge in [0, 0.05) is 18.8 Å². The highest BCUT2D eigenvalue weighted by atomic mass is 16.6. The number of hydrogen-bond acceptors (Lipinski definition) is 4. The molecule has 0 radical (unpaired) electrons. The zero-order valence-corrected chi connectivity index (χ0v) is 13.9. The Bertz CT molecular complexity index is 587. The Hall–Kier alpha value is -2.24. The number of carboxylic acid groups (broad SMARTS) is 1. The molecule has 0 aliphatic carbocycles. The van der Waals surface area contributed by atoms with Crippen molar-refractivity contribution in [3.63, 3.8) is 0 Å². The molecule has 1 amide bonds. The molecule has 1 aliphatic rings. The van der Waals surface area contributed by atoms with E-state index in [9.17, 15) is 14.7 Å². The molecule has 126 valence electrons. The van der Waals surface area contributed by atoms with Gasteiger partial charge in [-0.2, -0.15) is 0 Å². The number of aromatic carboxylic acids is 1. The fourth-order valence-electron chi connectivity index (χ4n) is 2.58. The van der Waals surface area contributed by atoms with Crippen LogP contribution in [-0.4, -0.2) is 35.9 Å². The highest BCUT2D eigenvalue weighted by molar-refractivity contribution is 5.99. The van der Waals surface area contributed by atoms with Crippen molar-refractivity contribution in [1.82, 2.24) is 0 Å². The summed E-state index contributed by atoms with van der Waals surface area (Å²) in [5.41, 5.74) is 0.588. The van der Waals surface area contributed by atoms with Gasteiger partial charge in [-0.3, -0.25) is 5.32 Å². The standard InChI is InChI=1S/C17H24N2O4/c1-17(2,3)23-16(22)18-14-11-12(7-8-13(14)15(20)21)19-9-5-4-6-10-19/h7-8,11H,4-6,9-10H2,1-3H3,(H,18,22)(H,20,21). The molecule has 0 aromatic heterocycles. The number of carbonyl (C=O) groups excluding carboxylic acids is 1. The molecule has 23 heavy (non-hydrogen) atoms. The Morgan fingerprint density at radius 2 is 1.83 bits per heavy atom. The van der Waals surface area contributed by atoms with Gasteiger partial charge >= 0.3 is 12.1 Å². The molecular formula is C17H24N2O4. The normalized spacial score (nSPS) is 15.2. The molecule has 6 nitrogen and oxygen atoms in total. The van der Waals surface area contributed by atoms with Gasteiger partial charge in [-0.15, -0.1) is 0 Å². The minimum atomic E-state index is -1.08. The largest absolute Gasteiger partial charge is 0.478 e. The van der Waals surface area contributed by atoms with Crippen LogP contribution in [0, 0.1) is 0 Å². The van der Waals surface area contributed by atoms with Gasteiger partial charge < -0.3 is 14.7 Å². The second kappa shape index (κ2) is 6.89. The first-order valence-electron chi connectivity index (χ1n) is 7.88. The zero-order chi connectivity index (χ0) is 17.0. The van der Waals surface area contributed by atoms with Crippen LogP contribution >= 0.6 is 0 Å². The number of hydrogen-bond donors (Lipinski definition) is 2. The number of ether oxygens (including phenoxy) is 1. The van der Waals surface area contributed by atoms with Gasteiger partial charge in [0.25, 0.3) is 0 Å². The maximum atomic E-state index is 12.0. The molecule has 2 rings (SSSR count). The topological polar surface area (TPSA) is 78.9 Å². The summed E-state index contributed by atoms with van der Waals surface area (Å²) in [7, 11) is 0. The summed E-state index contributed by atoms with van der Waals surface area (Å²) in [6.07, 6.45) is 2.80. The van der Waals surface area contributed by atoms with Crippen LogP contribution in [0.1, 0.15) is 50.4 Å². The smallest absolute Gasteiger partial charge is 0.412 e. The van der Waals surface area contributed by atoms with Crippen molar-refractivity contribution in [2.45, 2.75) is 45.6 Å². The fourth-order valence-corrected chi connectivity index (χ4v) is 2.58. The van der Waals surface area contributed by atoms with Gasteiger partial charge in [0.05, 0.1) is 11.3 Å². The first-order chi connectivity index (χ1) is 10.8. The number of nitrogens with one attached hydrogen (secondary N) is 1. The number of carbonyl (C=O) groups is 2. The molecule has 0 saturated carbocycles. The van der Waals surface area contributed by atoms with Gasteiger partial charge in [-0.05, 0) is 58.2 Å². The van der Waals surface area contributed by atoms with Crippen molar-refractivity contribution in [1.29, 1.82) is 0 Å². The second-order valence-corrected chi connectivity index (χ2v) is 6.71. The van der Waals surface area contributed by atoms with Crippen molar-refractivity contribution in [2.24, 2.45) is 0 Å². The summed E-state index contributed by atoms with van der Waals surface area (Å²) in [6, 6.07) is 5.02. The fraction of sp³-hybridized carbons (Fsp3) is 0.529. The maximum Gasteiger partial charge on any atom is 0.412 e. The molecule has 0 bridgehead atoms. The lowest BCUT2D eigenvalue weighted by molar-refractivity contribution is 0.0636. The van der Waals surface area contributed by atoms with E-state index >= 15 is 0 Å². The Morgan fingerprint density at radius 1 is 1.17 bits per heavy atom. The minimum absolute atomic E-state index is 0.0524. The quantitative estimate of drug-likeness (QED) is 0.887. The first kappa shape index (κ1) is 17.1. The molecule has 1 aromatic rings. The first-order valence-corrected chi connectivity index (χ1v) is 7.88. The van der Waals surface area contributed by atoms with E-state index in [-0.39, 0.29) is 11.3 Å². The number of amides is 1. The van der Waals surface area contributed by atoms with E-state index in [1.165, 1.54) is 12.5 Å². The van der Waals surface area contributed by atoms with Gasteiger partial charge in [0.15, 0.2) is 0 Å². The summed E-state index contributed by atoms with van der Waals surface area (Å²) in [4.78, 5) is 25.5. The molecule has 6 heteroatoms. The van der Waals surface area contributed by atoms with Crippen molar-refractivity contribution < 1.29 is 19.4 Å². The summed E-state index contributed by atoms with van der Waals surface area (Å²) < 4.78 is 5.21. The molecule has 0 atom stereocenters. The van der Waals surface area contributed by atoms with Crippen LogP contribution in [0.2, 0.25) is 0 Å². The lowest BCUT2D eigenvalue weighted by atomic mass is 10.1. The van der Waals surface area contributed by atoms with Gasteiger partial charge in [-0.1, -0.05) is 0 Å². The highest BCUT2D eigenvalue weighted by Gasteiger charge is 2.20.